The van der Waals surface area contributed by atoms with Crippen molar-refractivity contribution in [2.24, 2.45) is 11.8 Å². The van der Waals surface area contributed by atoms with Gasteiger partial charge in [0, 0.05) is 43.8 Å². The first-order valence-corrected chi connectivity index (χ1v) is 13.5. The van der Waals surface area contributed by atoms with Gasteiger partial charge in [0.1, 0.15) is 0 Å². The van der Waals surface area contributed by atoms with Crippen LogP contribution in [-0.4, -0.2) is 83.2 Å². The van der Waals surface area contributed by atoms with E-state index in [1.54, 1.807) is 0 Å². The van der Waals surface area contributed by atoms with Gasteiger partial charge in [0.25, 0.3) is 0 Å². The standard InChI is InChI=1S/C26H41ClN4O5/c1-28-16-23(14-19-6-5-12-35-18-19)30-25(32)31-11-4-8-21(17-31)24(20-7-3-9-22(27)15-20)36-13-10-29-26(33)34-2/h3,7,9,15,19,21,23-24,28H,4-6,8,10-14,16-18H2,1-2H3,(H,29,33)(H,30,32)/p+1/t19-,21-,23+,24+/m1/s1. The summed E-state index contributed by atoms with van der Waals surface area (Å²) in [5.74, 6) is 0.612. The third-order valence-corrected chi connectivity index (χ3v) is 7.16. The molecule has 0 spiro atoms. The topological polar surface area (TPSA) is 106 Å². The van der Waals surface area contributed by atoms with E-state index in [-0.39, 0.29) is 24.1 Å². The van der Waals surface area contributed by atoms with Crippen molar-refractivity contribution in [3.8, 4) is 0 Å². The highest BCUT2D eigenvalue weighted by molar-refractivity contribution is 6.30. The van der Waals surface area contributed by atoms with Gasteiger partial charge < -0.3 is 35.1 Å². The Balaban J connectivity index is 1.62. The molecule has 9 nitrogen and oxygen atoms in total. The first kappa shape index (κ1) is 28.5. The second kappa shape index (κ2) is 15.2. The van der Waals surface area contributed by atoms with Crippen LogP contribution in [0.1, 0.15) is 43.8 Å². The van der Waals surface area contributed by atoms with Crippen LogP contribution in [0.4, 0.5) is 9.59 Å². The fourth-order valence-corrected chi connectivity index (χ4v) is 5.40. The summed E-state index contributed by atoms with van der Waals surface area (Å²) < 4.78 is 16.5. The molecule has 1 aromatic rings. The molecule has 0 aromatic heterocycles. The van der Waals surface area contributed by atoms with Crippen LogP contribution in [0.5, 0.6) is 0 Å². The van der Waals surface area contributed by atoms with E-state index in [0.29, 0.717) is 30.6 Å². The molecule has 0 bridgehead atoms. The van der Waals surface area contributed by atoms with Gasteiger partial charge in [-0.15, -0.1) is 0 Å². The Hall–Kier alpha value is -2.07. The number of nitrogens with one attached hydrogen (secondary N) is 2. The molecule has 2 saturated heterocycles. The maximum Gasteiger partial charge on any atom is 0.406 e. The maximum absolute atomic E-state index is 13.3. The average molecular weight is 526 g/mol. The quantitative estimate of drug-likeness (QED) is 0.385. The number of rotatable bonds is 11. The predicted octanol–water partition coefficient (Wildman–Crippen LogP) is 2.55. The first-order valence-electron chi connectivity index (χ1n) is 13.1. The summed E-state index contributed by atoms with van der Waals surface area (Å²) in [7, 11) is 3.37. The van der Waals surface area contributed by atoms with Crippen molar-refractivity contribution >= 4 is 23.7 Å². The monoisotopic (exact) mass is 525 g/mol. The number of alkyl carbamates (subject to hydrolysis) is 1. The van der Waals surface area contributed by atoms with E-state index >= 15 is 0 Å². The van der Waals surface area contributed by atoms with Gasteiger partial charge in [0.05, 0.1) is 39.5 Å². The molecule has 2 heterocycles. The van der Waals surface area contributed by atoms with E-state index in [9.17, 15) is 9.59 Å². The number of hydrogen-bond donors (Lipinski definition) is 3. The van der Waals surface area contributed by atoms with E-state index < -0.39 is 6.09 Å². The highest BCUT2D eigenvalue weighted by atomic mass is 35.5. The molecular weight excluding hydrogens is 484 g/mol. The molecular formula is C26H42ClN4O5+. The molecule has 4 atom stereocenters. The zero-order valence-electron chi connectivity index (χ0n) is 21.5. The predicted molar refractivity (Wildman–Crippen MR) is 138 cm³/mol. The number of nitrogens with zero attached hydrogens (tertiary/aromatic N) is 1. The van der Waals surface area contributed by atoms with Crippen molar-refractivity contribution in [3.05, 3.63) is 34.9 Å². The number of carbonyl (C=O) groups excluding carboxylic acids is 2. The smallest absolute Gasteiger partial charge is 0.406 e. The highest BCUT2D eigenvalue weighted by Crippen LogP contribution is 2.34. The van der Waals surface area contributed by atoms with Crippen LogP contribution in [0.25, 0.3) is 0 Å². The molecule has 0 aliphatic carbocycles. The molecule has 4 N–H and O–H groups in total. The number of amides is 3. The lowest BCUT2D eigenvalue weighted by molar-refractivity contribution is -0.629. The van der Waals surface area contributed by atoms with Gasteiger partial charge in [-0.25, -0.2) is 9.59 Å². The van der Waals surface area contributed by atoms with E-state index in [4.69, 9.17) is 21.1 Å². The number of urea groups is 1. The van der Waals surface area contributed by atoms with Gasteiger partial charge in [-0.2, -0.15) is 0 Å². The Morgan fingerprint density at radius 1 is 1.31 bits per heavy atom. The number of methoxy groups -OCH3 is 1. The van der Waals surface area contributed by atoms with Gasteiger partial charge in [-0.1, -0.05) is 23.7 Å². The summed E-state index contributed by atoms with van der Waals surface area (Å²) in [4.78, 5) is 26.6. The molecule has 3 rings (SSSR count). The van der Waals surface area contributed by atoms with Gasteiger partial charge in [-0.3, -0.25) is 0 Å². The fourth-order valence-electron chi connectivity index (χ4n) is 5.20. The van der Waals surface area contributed by atoms with E-state index in [0.717, 1.165) is 64.0 Å². The molecule has 0 radical (unpaired) electrons. The van der Waals surface area contributed by atoms with Crippen LogP contribution < -0.4 is 16.0 Å². The molecule has 10 heteroatoms. The molecule has 0 saturated carbocycles. The average Bonchev–Trinajstić information content (AvgIpc) is 2.89. The van der Waals surface area contributed by atoms with E-state index in [1.165, 1.54) is 7.11 Å². The Morgan fingerprint density at radius 2 is 2.17 bits per heavy atom. The molecule has 2 aliphatic heterocycles. The molecule has 2 aliphatic rings. The minimum absolute atomic E-state index is 0.0134. The molecule has 36 heavy (non-hydrogen) atoms. The van der Waals surface area contributed by atoms with Gasteiger partial charge in [-0.05, 0) is 55.7 Å². The second-order valence-electron chi connectivity index (χ2n) is 9.72. The number of carbonyl (C=O) groups is 2. The molecule has 3 amide bonds. The number of nitrogens with two attached hydrogens (primary N) is 1. The lowest BCUT2D eigenvalue weighted by Gasteiger charge is -2.38. The zero-order valence-corrected chi connectivity index (χ0v) is 22.3. The Kier molecular flexibility index (Phi) is 12.1. The second-order valence-corrected chi connectivity index (χ2v) is 10.2. The number of hydrogen-bond acceptors (Lipinski definition) is 5. The molecule has 2 fully saturated rings. The molecule has 202 valence electrons. The number of ether oxygens (including phenoxy) is 3. The number of halogens is 1. The van der Waals surface area contributed by atoms with Crippen molar-refractivity contribution < 1.29 is 29.1 Å². The summed E-state index contributed by atoms with van der Waals surface area (Å²) in [6, 6.07) is 7.76. The lowest BCUT2D eigenvalue weighted by Crippen LogP contribution is -2.83. The molecule has 0 unspecified atom stereocenters. The Labute approximate surface area is 219 Å². The summed E-state index contributed by atoms with van der Waals surface area (Å²) in [5.41, 5.74) is 0.976. The van der Waals surface area contributed by atoms with Crippen molar-refractivity contribution in [1.29, 1.82) is 0 Å². The van der Waals surface area contributed by atoms with Gasteiger partial charge >= 0.3 is 12.1 Å². The van der Waals surface area contributed by atoms with E-state index in [1.807, 2.05) is 36.2 Å². The SMILES string of the molecule is C[NH2+]C[C@H](C[C@H]1CCCOC1)NC(=O)N1CCC[C@@H]([C@@H](OCCNC(=O)OC)c2cccc(Cl)c2)C1. The zero-order chi connectivity index (χ0) is 25.8. The van der Waals surface area contributed by atoms with Crippen molar-refractivity contribution in [3.63, 3.8) is 0 Å². The normalized spacial score (nSPS) is 21.9. The Morgan fingerprint density at radius 3 is 2.89 bits per heavy atom. The van der Waals surface area contributed by atoms with Gasteiger partial charge in [0.15, 0.2) is 0 Å². The van der Waals surface area contributed by atoms with E-state index in [2.05, 4.69) is 20.7 Å². The third-order valence-electron chi connectivity index (χ3n) is 6.92. The minimum Gasteiger partial charge on any atom is -0.453 e. The summed E-state index contributed by atoms with van der Waals surface area (Å²) >= 11 is 6.28. The fraction of sp³-hybridized carbons (Fsp3) is 0.692. The largest absolute Gasteiger partial charge is 0.453 e. The van der Waals surface area contributed by atoms with Crippen LogP contribution in [-0.2, 0) is 14.2 Å². The number of quaternary nitrogens is 1. The third kappa shape index (κ3) is 9.10. The van der Waals surface area contributed by atoms with Crippen LogP contribution >= 0.6 is 11.6 Å². The highest BCUT2D eigenvalue weighted by Gasteiger charge is 2.32. The van der Waals surface area contributed by atoms with Gasteiger partial charge in [0.2, 0.25) is 0 Å². The van der Waals surface area contributed by atoms with Crippen LogP contribution in [0, 0.1) is 11.8 Å². The first-order chi connectivity index (χ1) is 17.5. The number of benzene rings is 1. The summed E-state index contributed by atoms with van der Waals surface area (Å²) in [5, 5.41) is 8.71. The van der Waals surface area contributed by atoms with Crippen LogP contribution in [0.15, 0.2) is 24.3 Å². The Bertz CT molecular complexity index is 823. The number of piperidine rings is 1. The van der Waals surface area contributed by atoms with Crippen molar-refractivity contribution in [2.75, 3.05) is 60.2 Å². The summed E-state index contributed by atoms with van der Waals surface area (Å²) in [6.07, 6.45) is 4.31. The number of likely N-dealkylation sites (tertiary alicyclic amines) is 1. The van der Waals surface area contributed by atoms with Crippen molar-refractivity contribution in [2.45, 2.75) is 44.2 Å². The summed E-state index contributed by atoms with van der Waals surface area (Å²) in [6.45, 7) is 4.46. The number of likely N-dealkylation sites (N-methyl/N-ethyl adjacent to an activating group) is 1. The minimum atomic E-state index is -0.489. The van der Waals surface area contributed by atoms with Crippen molar-refractivity contribution in [1.82, 2.24) is 15.5 Å². The van der Waals surface area contributed by atoms with Crippen LogP contribution in [0.2, 0.25) is 5.02 Å². The maximum atomic E-state index is 13.3. The lowest BCUT2D eigenvalue weighted by atomic mass is 9.88. The molecule has 1 aromatic carbocycles. The van der Waals surface area contributed by atoms with Crippen LogP contribution in [0.3, 0.4) is 0 Å².